The van der Waals surface area contributed by atoms with Crippen molar-refractivity contribution in [2.24, 2.45) is 11.8 Å². The van der Waals surface area contributed by atoms with Gasteiger partial charge in [0.25, 0.3) is 0 Å². The molecule has 0 saturated carbocycles. The lowest BCUT2D eigenvalue weighted by molar-refractivity contribution is -0.161. The van der Waals surface area contributed by atoms with Crippen LogP contribution < -0.4 is 0 Å². The van der Waals surface area contributed by atoms with Gasteiger partial charge in [0.2, 0.25) is 0 Å². The third kappa shape index (κ3) is 75.3. The van der Waals surface area contributed by atoms with Crippen molar-refractivity contribution in [1.82, 2.24) is 0 Å². The maximum absolute atomic E-state index is 13.1. The summed E-state index contributed by atoms with van der Waals surface area (Å²) in [6.45, 7) is 9.70. The highest BCUT2D eigenvalue weighted by molar-refractivity contribution is 7.47. The Morgan fingerprint density at radius 2 is 0.466 bits per heavy atom. The molecule has 17 nitrogen and oxygen atoms in total. The minimum atomic E-state index is -4.96. The Hall–Kier alpha value is -1.94. The molecule has 0 saturated heterocycles. The number of esters is 4. The molecule has 612 valence electrons. The van der Waals surface area contributed by atoms with E-state index in [-0.39, 0.29) is 25.7 Å². The molecule has 0 heterocycles. The highest BCUT2D eigenvalue weighted by Gasteiger charge is 2.30. The quantitative estimate of drug-likeness (QED) is 0.0222. The number of aliphatic hydroxyl groups is 1. The molecule has 3 N–H and O–H groups in total. The normalized spacial score (nSPS) is 14.4. The molecule has 0 amide bonds. The zero-order valence-corrected chi connectivity index (χ0v) is 69.4. The fourth-order valence-electron chi connectivity index (χ4n) is 13.0. The molecule has 0 aliphatic carbocycles. The smallest absolute Gasteiger partial charge is 0.462 e. The fourth-order valence-corrected chi connectivity index (χ4v) is 14.6. The van der Waals surface area contributed by atoms with Gasteiger partial charge in [-0.2, -0.15) is 0 Å². The molecule has 0 rings (SSSR count). The molecule has 4 unspecified atom stereocenters. The predicted octanol–water partition coefficient (Wildman–Crippen LogP) is 25.5. The van der Waals surface area contributed by atoms with Crippen molar-refractivity contribution in [3.8, 4) is 0 Å². The van der Waals surface area contributed by atoms with E-state index < -0.39 is 97.5 Å². The number of phosphoric ester groups is 2. The lowest BCUT2D eigenvalue weighted by atomic mass is 9.99. The summed E-state index contributed by atoms with van der Waals surface area (Å²) in [5.74, 6) is -0.487. The lowest BCUT2D eigenvalue weighted by Crippen LogP contribution is -2.30. The molecule has 19 heteroatoms. The molecule has 0 aromatic carbocycles. The van der Waals surface area contributed by atoms with Crippen LogP contribution in [0, 0.1) is 11.8 Å². The topological polar surface area (TPSA) is 237 Å². The van der Waals surface area contributed by atoms with Crippen molar-refractivity contribution in [2.45, 2.75) is 464 Å². The summed E-state index contributed by atoms with van der Waals surface area (Å²) in [6, 6.07) is 0. The molecule has 0 aromatic heterocycles. The van der Waals surface area contributed by atoms with Gasteiger partial charge in [-0.15, -0.1) is 0 Å². The number of rotatable bonds is 83. The Morgan fingerprint density at radius 3 is 0.689 bits per heavy atom. The summed E-state index contributed by atoms with van der Waals surface area (Å²) in [5, 5.41) is 10.7. The molecule has 0 spiro atoms. The predicted molar refractivity (Wildman–Crippen MR) is 423 cm³/mol. The molecule has 0 bridgehead atoms. The van der Waals surface area contributed by atoms with E-state index in [1.165, 1.54) is 263 Å². The van der Waals surface area contributed by atoms with Gasteiger partial charge in [0.15, 0.2) is 12.2 Å². The third-order valence-electron chi connectivity index (χ3n) is 20.4. The van der Waals surface area contributed by atoms with E-state index in [9.17, 15) is 43.2 Å². The number of hydrogen-bond acceptors (Lipinski definition) is 15. The summed E-state index contributed by atoms with van der Waals surface area (Å²) in [6.07, 6.45) is 66.6. The standard InChI is InChI=1S/C84H164O17P2/c1-7-11-13-15-17-19-21-22-23-24-25-26-27-28-29-30-35-39-43-50-56-62-68-83(88)100-79(72-95-82(87)67-61-55-49-42-38-34-32-31-33-37-40-46-52-58-64-76(5)9-3)74-98-102(90,91)96-70-78(85)71-97-103(92,93)99-75-80(73-94-81(86)66-60-54-48-41-36-20-18-16-14-12-8-2)101-84(89)69-63-57-51-45-44-47-53-59-65-77(6)10-4/h76-80,85H,7-75H2,1-6H3,(H,90,91)(H,92,93)/t76?,77?,78-,79-,80-/m1/s1. The average molecular weight is 1510 g/mol. The van der Waals surface area contributed by atoms with Crippen LogP contribution in [0.5, 0.6) is 0 Å². The van der Waals surface area contributed by atoms with Gasteiger partial charge in [-0.05, 0) is 37.5 Å². The molecule has 0 aromatic rings. The van der Waals surface area contributed by atoms with E-state index in [0.717, 1.165) is 102 Å². The first-order valence-corrected chi connectivity index (χ1v) is 46.6. The molecule has 0 aliphatic rings. The Labute approximate surface area is 632 Å². The molecule has 0 fully saturated rings. The Morgan fingerprint density at radius 1 is 0.272 bits per heavy atom. The van der Waals surface area contributed by atoms with E-state index in [4.69, 9.17) is 37.0 Å². The minimum Gasteiger partial charge on any atom is -0.462 e. The molecular formula is C84H164O17P2. The summed E-state index contributed by atoms with van der Waals surface area (Å²) in [7, 11) is -9.92. The van der Waals surface area contributed by atoms with Crippen LogP contribution in [0.1, 0.15) is 446 Å². The van der Waals surface area contributed by atoms with Crippen molar-refractivity contribution in [3.05, 3.63) is 0 Å². The average Bonchev–Trinajstić information content (AvgIpc) is 0.917. The van der Waals surface area contributed by atoms with E-state index >= 15 is 0 Å². The maximum Gasteiger partial charge on any atom is 0.472 e. The highest BCUT2D eigenvalue weighted by atomic mass is 31.2. The van der Waals surface area contributed by atoms with Crippen LogP contribution in [0.15, 0.2) is 0 Å². The highest BCUT2D eigenvalue weighted by Crippen LogP contribution is 2.45. The van der Waals surface area contributed by atoms with E-state index in [0.29, 0.717) is 25.7 Å². The number of carbonyl (C=O) groups is 4. The first-order chi connectivity index (χ1) is 49.9. The van der Waals surface area contributed by atoms with Crippen LogP contribution in [0.2, 0.25) is 0 Å². The van der Waals surface area contributed by atoms with E-state index in [2.05, 4.69) is 41.5 Å². The second kappa shape index (κ2) is 75.5. The molecule has 7 atom stereocenters. The van der Waals surface area contributed by atoms with Gasteiger partial charge in [-0.3, -0.25) is 37.3 Å². The fraction of sp³-hybridized carbons (Fsp3) is 0.952. The molecule has 103 heavy (non-hydrogen) atoms. The Kier molecular flexibility index (Phi) is 74.1. The van der Waals surface area contributed by atoms with Gasteiger partial charge in [0, 0.05) is 25.7 Å². The van der Waals surface area contributed by atoms with Crippen molar-refractivity contribution in [2.75, 3.05) is 39.6 Å². The summed E-state index contributed by atoms with van der Waals surface area (Å²) in [5.41, 5.74) is 0. The van der Waals surface area contributed by atoms with Crippen LogP contribution >= 0.6 is 15.6 Å². The van der Waals surface area contributed by atoms with Crippen molar-refractivity contribution in [3.63, 3.8) is 0 Å². The van der Waals surface area contributed by atoms with Gasteiger partial charge in [0.1, 0.15) is 19.3 Å². The van der Waals surface area contributed by atoms with Gasteiger partial charge < -0.3 is 33.8 Å². The van der Waals surface area contributed by atoms with E-state index in [1.54, 1.807) is 0 Å². The Bertz CT molecular complexity index is 1980. The van der Waals surface area contributed by atoms with E-state index in [1.807, 2.05) is 0 Å². The van der Waals surface area contributed by atoms with Crippen molar-refractivity contribution >= 4 is 39.5 Å². The van der Waals surface area contributed by atoms with Crippen LogP contribution in [-0.2, 0) is 65.4 Å². The SMILES string of the molecule is CCCCCCCCCCCCCCCCCCCCCCCCC(=O)O[C@H](COC(=O)CCCCCCCCCCCCCCCCC(C)CC)COP(=O)(O)OC[C@@H](O)COP(=O)(O)OC[C@@H](COC(=O)CCCCCCCCCCCCC)OC(=O)CCCCCCCCCCC(C)CC. The zero-order valence-electron chi connectivity index (χ0n) is 67.6. The molecule has 0 radical (unpaired) electrons. The largest absolute Gasteiger partial charge is 0.472 e. The second-order valence-electron chi connectivity index (χ2n) is 30.7. The number of aliphatic hydroxyl groups excluding tert-OH is 1. The summed E-state index contributed by atoms with van der Waals surface area (Å²) < 4.78 is 68.8. The van der Waals surface area contributed by atoms with Gasteiger partial charge in [-0.1, -0.05) is 395 Å². The minimum absolute atomic E-state index is 0.106. The maximum atomic E-state index is 13.1. The van der Waals surface area contributed by atoms with Crippen molar-refractivity contribution in [1.29, 1.82) is 0 Å². The van der Waals surface area contributed by atoms with Crippen LogP contribution in [0.3, 0.4) is 0 Å². The summed E-state index contributed by atoms with van der Waals surface area (Å²) >= 11 is 0. The Balaban J connectivity index is 5.22. The number of hydrogen-bond donors (Lipinski definition) is 3. The first kappa shape index (κ1) is 101. The zero-order chi connectivity index (χ0) is 75.6. The van der Waals surface area contributed by atoms with Gasteiger partial charge >= 0.3 is 39.5 Å². The molecular weight excluding hydrogens is 1340 g/mol. The lowest BCUT2D eigenvalue weighted by Gasteiger charge is -2.21. The number of ether oxygens (including phenoxy) is 4. The third-order valence-corrected chi connectivity index (χ3v) is 22.3. The summed E-state index contributed by atoms with van der Waals surface area (Å²) in [4.78, 5) is 73.1. The molecule has 0 aliphatic heterocycles. The van der Waals surface area contributed by atoms with Crippen molar-refractivity contribution < 1.29 is 80.2 Å². The monoisotopic (exact) mass is 1510 g/mol. The second-order valence-corrected chi connectivity index (χ2v) is 33.6. The van der Waals surface area contributed by atoms with Gasteiger partial charge in [-0.25, -0.2) is 9.13 Å². The number of carbonyl (C=O) groups excluding carboxylic acids is 4. The van der Waals surface area contributed by atoms with Crippen LogP contribution in [-0.4, -0.2) is 96.7 Å². The number of unbranched alkanes of at least 4 members (excludes halogenated alkanes) is 51. The van der Waals surface area contributed by atoms with Crippen LogP contribution in [0.4, 0.5) is 0 Å². The van der Waals surface area contributed by atoms with Gasteiger partial charge in [0.05, 0.1) is 26.4 Å². The number of phosphoric acid groups is 2. The van der Waals surface area contributed by atoms with Crippen LogP contribution in [0.25, 0.3) is 0 Å². The first-order valence-electron chi connectivity index (χ1n) is 43.6.